The van der Waals surface area contributed by atoms with Gasteiger partial charge in [0.05, 0.1) is 7.11 Å². The van der Waals surface area contributed by atoms with Crippen LogP contribution >= 0.6 is 0 Å². The van der Waals surface area contributed by atoms with Crippen molar-refractivity contribution in [1.82, 2.24) is 21.1 Å². The molecule has 4 atom stereocenters. The summed E-state index contributed by atoms with van der Waals surface area (Å²) in [5.41, 5.74) is 2.85. The molecule has 9 heteroatoms. The number of hydrazine groups is 1. The zero-order valence-electron chi connectivity index (χ0n) is 18.0. The van der Waals surface area contributed by atoms with E-state index in [0.717, 1.165) is 0 Å². The molecule has 1 aliphatic heterocycles. The van der Waals surface area contributed by atoms with Gasteiger partial charge in [0.25, 0.3) is 5.91 Å². The summed E-state index contributed by atoms with van der Waals surface area (Å²) in [6, 6.07) is -2.17. The molecule has 0 aromatic carbocycles. The van der Waals surface area contributed by atoms with Crippen molar-refractivity contribution in [3.05, 3.63) is 12.7 Å². The fraction of sp³-hybridized carbons (Fsp3) is 0.700. The van der Waals surface area contributed by atoms with Crippen molar-refractivity contribution in [2.45, 2.75) is 65.1 Å². The van der Waals surface area contributed by atoms with E-state index in [1.54, 1.807) is 19.9 Å². The van der Waals surface area contributed by atoms with E-state index in [1.165, 1.54) is 12.1 Å². The third kappa shape index (κ3) is 7.16. The molecule has 0 spiro atoms. The Morgan fingerprint density at radius 2 is 1.83 bits per heavy atom. The third-order valence-corrected chi connectivity index (χ3v) is 4.88. The van der Waals surface area contributed by atoms with E-state index in [4.69, 9.17) is 4.74 Å². The topological polar surface area (TPSA) is 117 Å². The van der Waals surface area contributed by atoms with Gasteiger partial charge in [-0.05, 0) is 32.1 Å². The molecule has 3 amide bonds. The van der Waals surface area contributed by atoms with Crippen LogP contribution in [-0.4, -0.2) is 60.5 Å². The number of nitrogens with zero attached hydrogens (tertiary/aromatic N) is 1. The molecule has 1 unspecified atom stereocenters. The van der Waals surface area contributed by atoms with Crippen LogP contribution < -0.4 is 16.1 Å². The summed E-state index contributed by atoms with van der Waals surface area (Å²) >= 11 is 0. The standard InChI is InChI=1S/C20H34N4O5/c1-7-9-13(4)17(25)22-16(12(2)3)18(26)21-14(5)19(27)24-11-8-10-15(23-24)20(28)29-6/h7,12-16,23H,1,8-11H2,2-6H3,(H,21,26)(H,22,25)/t13-,14+,15?,16+/m1/s1. The summed E-state index contributed by atoms with van der Waals surface area (Å²) in [6.45, 7) is 11.0. The molecule has 164 valence electrons. The number of nitrogens with one attached hydrogen (secondary N) is 3. The van der Waals surface area contributed by atoms with Crippen LogP contribution in [0, 0.1) is 11.8 Å². The second-order valence-electron chi connectivity index (χ2n) is 7.72. The lowest BCUT2D eigenvalue weighted by atomic mass is 10.0. The average molecular weight is 411 g/mol. The Morgan fingerprint density at radius 1 is 1.17 bits per heavy atom. The van der Waals surface area contributed by atoms with E-state index in [1.807, 2.05) is 13.8 Å². The minimum atomic E-state index is -0.824. The van der Waals surface area contributed by atoms with E-state index in [0.29, 0.717) is 25.8 Å². The second-order valence-corrected chi connectivity index (χ2v) is 7.72. The molecule has 1 fully saturated rings. The SMILES string of the molecule is C=CC[C@@H](C)C(=O)N[C@H](C(=O)N[C@@H](C)C(=O)N1CCCC(C(=O)OC)N1)C(C)C. The van der Waals surface area contributed by atoms with E-state index in [9.17, 15) is 19.2 Å². The molecule has 0 bridgehead atoms. The quantitative estimate of drug-likeness (QED) is 0.377. The van der Waals surface area contributed by atoms with E-state index >= 15 is 0 Å². The summed E-state index contributed by atoms with van der Waals surface area (Å²) in [5, 5.41) is 6.76. The highest BCUT2D eigenvalue weighted by atomic mass is 16.5. The van der Waals surface area contributed by atoms with Crippen LogP contribution in [0.4, 0.5) is 0 Å². The molecule has 1 aliphatic rings. The summed E-state index contributed by atoms with van der Waals surface area (Å²) in [7, 11) is 1.30. The number of rotatable bonds is 9. The second kappa shape index (κ2) is 11.5. The highest BCUT2D eigenvalue weighted by Gasteiger charge is 2.33. The smallest absolute Gasteiger partial charge is 0.324 e. The number of allylic oxidation sites excluding steroid dienone is 1. The van der Waals surface area contributed by atoms with Crippen LogP contribution in [0.15, 0.2) is 12.7 Å². The minimum absolute atomic E-state index is 0.158. The van der Waals surface area contributed by atoms with Gasteiger partial charge in [-0.1, -0.05) is 26.8 Å². The summed E-state index contributed by atoms with van der Waals surface area (Å²) < 4.78 is 4.72. The largest absolute Gasteiger partial charge is 0.468 e. The Balaban J connectivity index is 2.71. The number of hydrogen-bond donors (Lipinski definition) is 3. The number of amides is 3. The van der Waals surface area contributed by atoms with Crippen molar-refractivity contribution in [3.8, 4) is 0 Å². The molecule has 9 nitrogen and oxygen atoms in total. The molecule has 0 aliphatic carbocycles. The van der Waals surface area contributed by atoms with E-state index in [-0.39, 0.29) is 23.7 Å². The lowest BCUT2D eigenvalue weighted by Gasteiger charge is -2.34. The van der Waals surface area contributed by atoms with Gasteiger partial charge in [0.15, 0.2) is 0 Å². The number of ether oxygens (including phenoxy) is 1. The molecule has 0 aromatic heterocycles. The molecular weight excluding hydrogens is 376 g/mol. The lowest BCUT2D eigenvalue weighted by molar-refractivity contribution is -0.150. The van der Waals surface area contributed by atoms with Crippen LogP contribution in [0.1, 0.15) is 47.0 Å². The van der Waals surface area contributed by atoms with Gasteiger partial charge < -0.3 is 15.4 Å². The Kier molecular flexibility index (Phi) is 9.80. The van der Waals surface area contributed by atoms with E-state index in [2.05, 4.69) is 22.6 Å². The number of esters is 1. The molecule has 0 aromatic rings. The van der Waals surface area contributed by atoms with Crippen molar-refractivity contribution in [3.63, 3.8) is 0 Å². The molecule has 1 saturated heterocycles. The number of carbonyl (C=O) groups excluding carboxylic acids is 4. The summed E-state index contributed by atoms with van der Waals surface area (Å²) in [6.07, 6.45) is 3.38. The number of carbonyl (C=O) groups is 4. The average Bonchev–Trinajstić information content (AvgIpc) is 2.70. The monoisotopic (exact) mass is 410 g/mol. The van der Waals surface area contributed by atoms with Gasteiger partial charge >= 0.3 is 5.97 Å². The Labute approximate surface area is 172 Å². The normalized spacial score (nSPS) is 19.7. The van der Waals surface area contributed by atoms with Crippen molar-refractivity contribution < 1.29 is 23.9 Å². The molecule has 3 N–H and O–H groups in total. The van der Waals surface area contributed by atoms with Gasteiger partial charge in [0, 0.05) is 12.5 Å². The summed E-state index contributed by atoms with van der Waals surface area (Å²) in [5.74, 6) is -1.92. The number of methoxy groups -OCH3 is 1. The van der Waals surface area contributed by atoms with Crippen molar-refractivity contribution in [1.29, 1.82) is 0 Å². The lowest BCUT2D eigenvalue weighted by Crippen LogP contribution is -2.61. The molecule has 29 heavy (non-hydrogen) atoms. The maximum Gasteiger partial charge on any atom is 0.324 e. The number of hydrogen-bond acceptors (Lipinski definition) is 6. The van der Waals surface area contributed by atoms with Gasteiger partial charge in [0.1, 0.15) is 18.1 Å². The van der Waals surface area contributed by atoms with Crippen molar-refractivity contribution >= 4 is 23.7 Å². The Hall–Kier alpha value is -2.42. The Bertz CT molecular complexity index is 622. The first-order valence-corrected chi connectivity index (χ1v) is 9.99. The summed E-state index contributed by atoms with van der Waals surface area (Å²) in [4.78, 5) is 49.4. The Morgan fingerprint density at radius 3 is 2.38 bits per heavy atom. The first-order valence-electron chi connectivity index (χ1n) is 9.99. The highest BCUT2D eigenvalue weighted by molar-refractivity contribution is 5.92. The van der Waals surface area contributed by atoms with E-state index < -0.39 is 30.0 Å². The fourth-order valence-corrected chi connectivity index (χ4v) is 3.04. The molecule has 1 rings (SSSR count). The zero-order chi connectivity index (χ0) is 22.1. The van der Waals surface area contributed by atoms with Crippen LogP contribution in [0.2, 0.25) is 0 Å². The van der Waals surface area contributed by atoms with Crippen molar-refractivity contribution in [2.24, 2.45) is 11.8 Å². The predicted octanol–water partition coefficient (Wildman–Crippen LogP) is 0.513. The van der Waals surface area contributed by atoms with Gasteiger partial charge in [-0.3, -0.25) is 24.2 Å². The first-order chi connectivity index (χ1) is 13.6. The first kappa shape index (κ1) is 24.6. The van der Waals surface area contributed by atoms with Gasteiger partial charge in [-0.25, -0.2) is 5.43 Å². The third-order valence-electron chi connectivity index (χ3n) is 4.88. The van der Waals surface area contributed by atoms with Crippen LogP contribution in [-0.2, 0) is 23.9 Å². The van der Waals surface area contributed by atoms with Crippen LogP contribution in [0.5, 0.6) is 0 Å². The highest BCUT2D eigenvalue weighted by Crippen LogP contribution is 2.11. The minimum Gasteiger partial charge on any atom is -0.468 e. The van der Waals surface area contributed by atoms with Crippen molar-refractivity contribution in [2.75, 3.05) is 13.7 Å². The predicted molar refractivity (Wildman–Crippen MR) is 108 cm³/mol. The van der Waals surface area contributed by atoms with Gasteiger partial charge in [-0.2, -0.15) is 0 Å². The van der Waals surface area contributed by atoms with Gasteiger partial charge in [0.2, 0.25) is 11.8 Å². The maximum absolute atomic E-state index is 12.7. The fourth-order valence-electron chi connectivity index (χ4n) is 3.04. The molecule has 1 heterocycles. The molecule has 0 saturated carbocycles. The molecule has 0 radical (unpaired) electrons. The van der Waals surface area contributed by atoms with Crippen LogP contribution in [0.3, 0.4) is 0 Å². The maximum atomic E-state index is 12.7. The van der Waals surface area contributed by atoms with Gasteiger partial charge in [-0.15, -0.1) is 6.58 Å². The van der Waals surface area contributed by atoms with Crippen LogP contribution in [0.25, 0.3) is 0 Å². The zero-order valence-corrected chi connectivity index (χ0v) is 18.0. The molecular formula is C20H34N4O5.